The fourth-order valence-electron chi connectivity index (χ4n) is 3.90. The van der Waals surface area contributed by atoms with Crippen LogP contribution in [0.25, 0.3) is 0 Å². The quantitative estimate of drug-likeness (QED) is 0.678. The number of allylic oxidation sites excluding steroid dienone is 2. The normalized spacial score (nSPS) is 21.2. The largest absolute Gasteiger partial charge is 0.347 e. The molecule has 5 nitrogen and oxygen atoms in total. The summed E-state index contributed by atoms with van der Waals surface area (Å²) in [5.74, 6) is -0.537. The summed E-state index contributed by atoms with van der Waals surface area (Å²) < 4.78 is 0. The lowest BCUT2D eigenvalue weighted by molar-refractivity contribution is -0.137. The monoisotopic (exact) mass is 452 g/mol. The van der Waals surface area contributed by atoms with E-state index in [0.717, 1.165) is 11.1 Å². The Morgan fingerprint density at radius 2 is 1.78 bits per heavy atom. The number of Topliss-reactive ketones (excluding diaryl/α,β-unsaturated/α-hetero) is 1. The van der Waals surface area contributed by atoms with Gasteiger partial charge in [0.25, 0.3) is 0 Å². The Morgan fingerprint density at radius 3 is 2.50 bits per heavy atom. The number of nitrogens with one attached hydrogen (secondary N) is 1. The summed E-state index contributed by atoms with van der Waals surface area (Å²) in [6.45, 7) is 0.347. The summed E-state index contributed by atoms with van der Waals surface area (Å²) in [5.41, 5.74) is 1.83. The molecule has 2 amide bonds. The SMILES string of the molecule is CN1C[C@@H](c2ccccc2)NC(=O)CC/C=C/C[C@@H](CC(=O)Cc2ccc(Cl)cc2)C1=O. The average molecular weight is 453 g/mol. The van der Waals surface area contributed by atoms with E-state index in [4.69, 9.17) is 11.6 Å². The van der Waals surface area contributed by atoms with Gasteiger partial charge in [-0.2, -0.15) is 0 Å². The molecule has 0 aliphatic carbocycles. The second kappa shape index (κ2) is 11.6. The first-order valence-electron chi connectivity index (χ1n) is 10.9. The Kier molecular flexibility index (Phi) is 8.63. The van der Waals surface area contributed by atoms with E-state index in [1.54, 1.807) is 24.1 Å². The minimum atomic E-state index is -0.428. The lowest BCUT2D eigenvalue weighted by Gasteiger charge is -2.28. The molecule has 1 aliphatic heterocycles. The molecule has 0 spiro atoms. The van der Waals surface area contributed by atoms with Crippen molar-refractivity contribution >= 4 is 29.2 Å². The summed E-state index contributed by atoms with van der Waals surface area (Å²) in [6, 6.07) is 16.5. The highest BCUT2D eigenvalue weighted by Gasteiger charge is 2.27. The Hall–Kier alpha value is -2.92. The predicted molar refractivity (Wildman–Crippen MR) is 126 cm³/mol. The zero-order valence-corrected chi connectivity index (χ0v) is 19.1. The number of amides is 2. The number of ketones is 1. The van der Waals surface area contributed by atoms with E-state index in [0.29, 0.717) is 30.8 Å². The molecule has 0 bridgehead atoms. The number of rotatable bonds is 5. The Labute approximate surface area is 194 Å². The third kappa shape index (κ3) is 7.06. The van der Waals surface area contributed by atoms with Crippen molar-refractivity contribution in [1.29, 1.82) is 0 Å². The molecular weight excluding hydrogens is 424 g/mol. The van der Waals surface area contributed by atoms with Crippen LogP contribution < -0.4 is 5.32 Å². The third-order valence-electron chi connectivity index (χ3n) is 5.63. The minimum absolute atomic E-state index is 0.0208. The topological polar surface area (TPSA) is 66.5 Å². The lowest BCUT2D eigenvalue weighted by atomic mass is 9.93. The van der Waals surface area contributed by atoms with Gasteiger partial charge in [0.05, 0.1) is 6.04 Å². The maximum Gasteiger partial charge on any atom is 0.226 e. The van der Waals surface area contributed by atoms with E-state index in [1.165, 1.54) is 0 Å². The molecule has 1 heterocycles. The molecule has 3 rings (SSSR count). The van der Waals surface area contributed by atoms with Gasteiger partial charge in [0.1, 0.15) is 5.78 Å². The van der Waals surface area contributed by atoms with Crippen molar-refractivity contribution in [1.82, 2.24) is 10.2 Å². The van der Waals surface area contributed by atoms with E-state index in [-0.39, 0.29) is 36.5 Å². The Bertz CT molecular complexity index is 957. The zero-order valence-electron chi connectivity index (χ0n) is 18.3. The number of carbonyl (C=O) groups is 3. The number of nitrogens with zero attached hydrogens (tertiary/aromatic N) is 1. The number of carbonyl (C=O) groups excluding carboxylic acids is 3. The van der Waals surface area contributed by atoms with Gasteiger partial charge in [-0.3, -0.25) is 14.4 Å². The molecule has 0 aromatic heterocycles. The van der Waals surface area contributed by atoms with Gasteiger partial charge in [0.2, 0.25) is 11.8 Å². The highest BCUT2D eigenvalue weighted by atomic mass is 35.5. The van der Waals surface area contributed by atoms with E-state index in [1.807, 2.05) is 54.6 Å². The van der Waals surface area contributed by atoms with Gasteiger partial charge < -0.3 is 10.2 Å². The zero-order chi connectivity index (χ0) is 22.9. The van der Waals surface area contributed by atoms with E-state index in [2.05, 4.69) is 5.32 Å². The predicted octanol–water partition coefficient (Wildman–Crippen LogP) is 4.51. The van der Waals surface area contributed by atoms with Crippen LogP contribution in [0.3, 0.4) is 0 Å². The first kappa shape index (κ1) is 23.7. The first-order valence-corrected chi connectivity index (χ1v) is 11.3. The molecule has 6 heteroatoms. The van der Waals surface area contributed by atoms with Gasteiger partial charge in [0.15, 0.2) is 0 Å². The van der Waals surface area contributed by atoms with Gasteiger partial charge in [-0.15, -0.1) is 0 Å². The van der Waals surface area contributed by atoms with Crippen LogP contribution in [-0.4, -0.2) is 36.1 Å². The van der Waals surface area contributed by atoms with Gasteiger partial charge in [-0.1, -0.05) is 66.2 Å². The molecule has 0 radical (unpaired) electrons. The minimum Gasteiger partial charge on any atom is -0.347 e. The van der Waals surface area contributed by atoms with E-state index >= 15 is 0 Å². The fourth-order valence-corrected chi connectivity index (χ4v) is 4.03. The van der Waals surface area contributed by atoms with Crippen LogP contribution in [0, 0.1) is 5.92 Å². The highest BCUT2D eigenvalue weighted by Crippen LogP contribution is 2.21. The molecule has 1 N–H and O–H groups in total. The van der Waals surface area contributed by atoms with Crippen LogP contribution in [0.15, 0.2) is 66.7 Å². The van der Waals surface area contributed by atoms with Crippen LogP contribution in [0.5, 0.6) is 0 Å². The Balaban J connectivity index is 1.74. The molecule has 2 aromatic rings. The van der Waals surface area contributed by atoms with E-state index in [9.17, 15) is 14.4 Å². The maximum atomic E-state index is 13.3. The van der Waals surface area contributed by atoms with Crippen LogP contribution in [0.4, 0.5) is 0 Å². The van der Waals surface area contributed by atoms with Crippen molar-refractivity contribution in [3.63, 3.8) is 0 Å². The molecule has 2 aromatic carbocycles. The molecule has 0 fully saturated rings. The standard InChI is InChI=1S/C26H29ClN2O3/c1-29-18-24(20-8-4-2-5-9-20)28-25(31)11-7-3-6-10-21(26(29)32)17-23(30)16-19-12-14-22(27)15-13-19/h2-6,8-9,12-15,21,24H,7,10-11,16-18H2,1H3,(H,28,31)/b6-3+/t21-,24-/m0/s1. The molecule has 0 saturated heterocycles. The molecule has 1 aliphatic rings. The number of likely N-dealkylation sites (N-methyl/N-ethyl adjacent to an activating group) is 1. The first-order chi connectivity index (χ1) is 15.4. The van der Waals surface area contributed by atoms with Crippen LogP contribution in [0.1, 0.15) is 42.9 Å². The van der Waals surface area contributed by atoms with Gasteiger partial charge in [-0.05, 0) is 36.1 Å². The average Bonchev–Trinajstić information content (AvgIpc) is 2.78. The lowest BCUT2D eigenvalue weighted by Crippen LogP contribution is -2.41. The van der Waals surface area contributed by atoms with Crippen molar-refractivity contribution in [3.05, 3.63) is 82.9 Å². The summed E-state index contributed by atoms with van der Waals surface area (Å²) >= 11 is 5.92. The molecule has 0 unspecified atom stereocenters. The molecule has 168 valence electrons. The van der Waals surface area contributed by atoms with Gasteiger partial charge in [0, 0.05) is 43.8 Å². The molecular formula is C26H29ClN2O3. The molecule has 2 atom stereocenters. The fraction of sp³-hybridized carbons (Fsp3) is 0.346. The highest BCUT2D eigenvalue weighted by molar-refractivity contribution is 6.30. The van der Waals surface area contributed by atoms with E-state index < -0.39 is 5.92 Å². The maximum absolute atomic E-state index is 13.3. The van der Waals surface area contributed by atoms with Crippen molar-refractivity contribution in [2.24, 2.45) is 5.92 Å². The summed E-state index contributed by atoms with van der Waals surface area (Å²) in [4.78, 5) is 40.0. The van der Waals surface area contributed by atoms with Crippen molar-refractivity contribution in [2.75, 3.05) is 13.6 Å². The second-order valence-electron chi connectivity index (χ2n) is 8.24. The van der Waals surface area contributed by atoms with Crippen molar-refractivity contribution in [2.45, 2.75) is 38.1 Å². The van der Waals surface area contributed by atoms with Crippen molar-refractivity contribution < 1.29 is 14.4 Å². The molecule has 32 heavy (non-hydrogen) atoms. The number of hydrogen-bond donors (Lipinski definition) is 1. The number of halogens is 1. The summed E-state index contributed by atoms with van der Waals surface area (Å²) in [6.07, 6.45) is 5.75. The summed E-state index contributed by atoms with van der Waals surface area (Å²) in [7, 11) is 1.73. The van der Waals surface area contributed by atoms with Gasteiger partial charge in [-0.25, -0.2) is 0 Å². The van der Waals surface area contributed by atoms with Crippen LogP contribution in [0.2, 0.25) is 5.02 Å². The Morgan fingerprint density at radius 1 is 1.06 bits per heavy atom. The third-order valence-corrected chi connectivity index (χ3v) is 5.88. The number of hydrogen-bond acceptors (Lipinski definition) is 3. The van der Waals surface area contributed by atoms with Gasteiger partial charge >= 0.3 is 0 Å². The van der Waals surface area contributed by atoms with Crippen LogP contribution in [-0.2, 0) is 20.8 Å². The van der Waals surface area contributed by atoms with Crippen LogP contribution >= 0.6 is 11.6 Å². The van der Waals surface area contributed by atoms with Crippen molar-refractivity contribution in [3.8, 4) is 0 Å². The molecule has 0 saturated carbocycles. The second-order valence-corrected chi connectivity index (χ2v) is 8.67. The number of benzene rings is 2. The smallest absolute Gasteiger partial charge is 0.226 e. The summed E-state index contributed by atoms with van der Waals surface area (Å²) in [5, 5.41) is 3.68.